The quantitative estimate of drug-likeness (QED) is 0.711. The Balaban J connectivity index is 1.58. The van der Waals surface area contributed by atoms with Crippen LogP contribution in [0.4, 0.5) is 14.5 Å². The number of ether oxygens (including phenoxy) is 1. The molecule has 0 aromatic heterocycles. The molecule has 0 radical (unpaired) electrons. The molecule has 0 aliphatic heterocycles. The number of halogens is 2. The van der Waals surface area contributed by atoms with Gasteiger partial charge in [0.05, 0.1) is 4.90 Å². The molecule has 1 saturated carbocycles. The van der Waals surface area contributed by atoms with E-state index in [-0.39, 0.29) is 16.7 Å². The minimum Gasteiger partial charge on any atom is -0.481 e. The molecular formula is C21H24F2N2O4S. The first kappa shape index (κ1) is 22.2. The zero-order chi connectivity index (χ0) is 21.7. The highest BCUT2D eigenvalue weighted by molar-refractivity contribution is 7.89. The molecule has 1 aliphatic rings. The third-order valence-electron chi connectivity index (χ3n) is 5.16. The summed E-state index contributed by atoms with van der Waals surface area (Å²) in [5.74, 6) is -2.44. The van der Waals surface area contributed by atoms with Crippen molar-refractivity contribution in [1.82, 2.24) is 4.31 Å². The van der Waals surface area contributed by atoms with Crippen LogP contribution in [0.3, 0.4) is 0 Å². The summed E-state index contributed by atoms with van der Waals surface area (Å²) in [4.78, 5) is 12.2. The second-order valence-electron chi connectivity index (χ2n) is 7.25. The van der Waals surface area contributed by atoms with Crippen molar-refractivity contribution in [2.75, 3.05) is 19.0 Å². The van der Waals surface area contributed by atoms with Crippen LogP contribution in [0, 0.1) is 11.6 Å². The Morgan fingerprint density at radius 2 is 1.77 bits per heavy atom. The first-order valence-electron chi connectivity index (χ1n) is 9.73. The Labute approximate surface area is 174 Å². The summed E-state index contributed by atoms with van der Waals surface area (Å²) in [6, 6.07) is 8.63. The number of nitrogens with zero attached hydrogens (tertiary/aromatic N) is 1. The maximum absolute atomic E-state index is 13.5. The van der Waals surface area contributed by atoms with Crippen LogP contribution in [0.2, 0.25) is 0 Å². The Bertz CT molecular complexity index is 991. The van der Waals surface area contributed by atoms with Gasteiger partial charge >= 0.3 is 0 Å². The highest BCUT2D eigenvalue weighted by Gasteiger charge is 2.28. The minimum absolute atomic E-state index is 0.00661. The van der Waals surface area contributed by atoms with E-state index in [4.69, 9.17) is 4.74 Å². The summed E-state index contributed by atoms with van der Waals surface area (Å²) in [7, 11) is -2.01. The molecule has 6 nitrogen and oxygen atoms in total. The van der Waals surface area contributed by atoms with Gasteiger partial charge in [0.25, 0.3) is 5.91 Å². The Morgan fingerprint density at radius 1 is 1.10 bits per heavy atom. The second kappa shape index (κ2) is 9.53. The first-order chi connectivity index (χ1) is 14.3. The van der Waals surface area contributed by atoms with Crippen molar-refractivity contribution in [3.8, 4) is 5.75 Å². The van der Waals surface area contributed by atoms with Crippen molar-refractivity contribution in [1.29, 1.82) is 0 Å². The molecule has 0 unspecified atom stereocenters. The number of sulfonamides is 1. The van der Waals surface area contributed by atoms with Gasteiger partial charge in [-0.25, -0.2) is 17.2 Å². The molecule has 30 heavy (non-hydrogen) atoms. The number of amides is 1. The zero-order valence-corrected chi connectivity index (χ0v) is 17.4. The van der Waals surface area contributed by atoms with Gasteiger partial charge in [-0.05, 0) is 49.2 Å². The number of carbonyl (C=O) groups excluding carboxylic acids is 1. The van der Waals surface area contributed by atoms with E-state index in [0.717, 1.165) is 44.2 Å². The van der Waals surface area contributed by atoms with Gasteiger partial charge in [0.2, 0.25) is 10.0 Å². The van der Waals surface area contributed by atoms with Gasteiger partial charge < -0.3 is 10.1 Å². The molecule has 2 aromatic carbocycles. The number of carbonyl (C=O) groups is 1. The number of hydrogen-bond donors (Lipinski definition) is 1. The summed E-state index contributed by atoms with van der Waals surface area (Å²) in [6.45, 7) is -0.479. The third-order valence-corrected chi connectivity index (χ3v) is 7.08. The number of rotatable bonds is 7. The van der Waals surface area contributed by atoms with Gasteiger partial charge in [-0.15, -0.1) is 0 Å². The van der Waals surface area contributed by atoms with Gasteiger partial charge in [-0.2, -0.15) is 4.31 Å². The van der Waals surface area contributed by atoms with Crippen LogP contribution in [-0.2, 0) is 14.8 Å². The minimum atomic E-state index is -3.61. The monoisotopic (exact) mass is 438 g/mol. The van der Waals surface area contributed by atoms with Gasteiger partial charge in [-0.1, -0.05) is 19.3 Å². The normalized spacial score (nSPS) is 15.2. The van der Waals surface area contributed by atoms with E-state index in [1.54, 1.807) is 7.05 Å². The molecule has 9 heteroatoms. The lowest BCUT2D eigenvalue weighted by Crippen LogP contribution is -2.38. The second-order valence-corrected chi connectivity index (χ2v) is 9.25. The molecule has 0 spiro atoms. The van der Waals surface area contributed by atoms with Gasteiger partial charge in [0.1, 0.15) is 5.82 Å². The average molecular weight is 438 g/mol. The molecule has 0 atom stereocenters. The Kier molecular flexibility index (Phi) is 7.04. The van der Waals surface area contributed by atoms with E-state index in [0.29, 0.717) is 11.8 Å². The molecule has 1 amide bonds. The maximum atomic E-state index is 13.5. The van der Waals surface area contributed by atoms with E-state index < -0.39 is 34.2 Å². The molecule has 162 valence electrons. The number of nitrogens with one attached hydrogen (secondary N) is 1. The third kappa shape index (κ3) is 5.34. The SMILES string of the molecule is CN(C1CCCCC1)S(=O)(=O)c1ccc(NC(=O)COc2ccc(F)cc2F)cc1. The van der Waals surface area contributed by atoms with Crippen LogP contribution in [0.15, 0.2) is 47.4 Å². The topological polar surface area (TPSA) is 75.7 Å². The van der Waals surface area contributed by atoms with Crippen LogP contribution in [0.25, 0.3) is 0 Å². The number of anilines is 1. The van der Waals surface area contributed by atoms with E-state index >= 15 is 0 Å². The Hall–Kier alpha value is -2.52. The maximum Gasteiger partial charge on any atom is 0.262 e. The lowest BCUT2D eigenvalue weighted by Gasteiger charge is -2.30. The lowest BCUT2D eigenvalue weighted by atomic mass is 9.96. The molecule has 0 saturated heterocycles. The summed E-state index contributed by atoms with van der Waals surface area (Å²) in [5.41, 5.74) is 0.377. The summed E-state index contributed by atoms with van der Waals surface area (Å²) < 4.78 is 58.6. The van der Waals surface area contributed by atoms with Crippen LogP contribution in [0.1, 0.15) is 32.1 Å². The van der Waals surface area contributed by atoms with E-state index in [9.17, 15) is 22.0 Å². The van der Waals surface area contributed by atoms with Gasteiger partial charge in [0, 0.05) is 24.8 Å². The van der Waals surface area contributed by atoms with Gasteiger partial charge in [-0.3, -0.25) is 4.79 Å². The fourth-order valence-electron chi connectivity index (χ4n) is 3.45. The lowest BCUT2D eigenvalue weighted by molar-refractivity contribution is -0.118. The predicted octanol–water partition coefficient (Wildman–Crippen LogP) is 3.94. The highest BCUT2D eigenvalue weighted by atomic mass is 32.2. The van der Waals surface area contributed by atoms with Crippen LogP contribution < -0.4 is 10.1 Å². The van der Waals surface area contributed by atoms with Crippen molar-refractivity contribution < 1.29 is 26.7 Å². The molecule has 1 fully saturated rings. The first-order valence-corrected chi connectivity index (χ1v) is 11.2. The molecule has 1 N–H and O–H groups in total. The largest absolute Gasteiger partial charge is 0.481 e. The van der Waals surface area contributed by atoms with Crippen molar-refractivity contribution >= 4 is 21.6 Å². The van der Waals surface area contributed by atoms with Crippen LogP contribution in [0.5, 0.6) is 5.75 Å². The molecule has 0 bridgehead atoms. The van der Waals surface area contributed by atoms with Crippen molar-refractivity contribution in [2.24, 2.45) is 0 Å². The average Bonchev–Trinajstić information content (AvgIpc) is 2.73. The summed E-state index contributed by atoms with van der Waals surface area (Å²) >= 11 is 0. The molecule has 1 aliphatic carbocycles. The summed E-state index contributed by atoms with van der Waals surface area (Å²) in [6.07, 6.45) is 4.91. The molecule has 2 aromatic rings. The van der Waals surface area contributed by atoms with Crippen LogP contribution in [-0.4, -0.2) is 38.3 Å². The molecule has 3 rings (SSSR count). The van der Waals surface area contributed by atoms with Crippen molar-refractivity contribution in [3.63, 3.8) is 0 Å². The van der Waals surface area contributed by atoms with Crippen molar-refractivity contribution in [2.45, 2.75) is 43.0 Å². The fraction of sp³-hybridized carbons (Fsp3) is 0.381. The summed E-state index contributed by atoms with van der Waals surface area (Å²) in [5, 5.41) is 2.55. The van der Waals surface area contributed by atoms with E-state index in [1.807, 2.05) is 0 Å². The van der Waals surface area contributed by atoms with Crippen molar-refractivity contribution in [3.05, 3.63) is 54.1 Å². The van der Waals surface area contributed by atoms with E-state index in [2.05, 4.69) is 5.32 Å². The van der Waals surface area contributed by atoms with Crippen LogP contribution >= 0.6 is 0 Å². The predicted molar refractivity (Wildman–Crippen MR) is 109 cm³/mol. The fourth-order valence-corrected chi connectivity index (χ4v) is 4.87. The molecular weight excluding hydrogens is 414 g/mol. The zero-order valence-electron chi connectivity index (χ0n) is 16.6. The smallest absolute Gasteiger partial charge is 0.262 e. The van der Waals surface area contributed by atoms with Gasteiger partial charge in [0.15, 0.2) is 18.2 Å². The number of hydrogen-bond acceptors (Lipinski definition) is 4. The number of benzene rings is 2. The molecule has 0 heterocycles. The Morgan fingerprint density at radius 3 is 2.40 bits per heavy atom. The standard InChI is InChI=1S/C21H24F2N2O4S/c1-25(17-5-3-2-4-6-17)30(27,28)18-10-8-16(9-11-18)24-21(26)14-29-20-12-7-15(22)13-19(20)23/h7-13,17H,2-6,14H2,1H3,(H,24,26). The van der Waals surface area contributed by atoms with E-state index in [1.165, 1.54) is 28.6 Å². The highest BCUT2D eigenvalue weighted by Crippen LogP contribution is 2.27.